The molecule has 0 bridgehead atoms. The number of nitrogens with one attached hydrogen (secondary N) is 1. The molecule has 1 amide bonds. The van der Waals surface area contributed by atoms with Gasteiger partial charge >= 0.3 is 5.97 Å². The lowest BCUT2D eigenvalue weighted by atomic mass is 9.92. The van der Waals surface area contributed by atoms with E-state index in [-0.39, 0.29) is 5.91 Å². The molecular formula is C14H21N3O4. The summed E-state index contributed by atoms with van der Waals surface area (Å²) < 4.78 is 7.69. The summed E-state index contributed by atoms with van der Waals surface area (Å²) in [4.78, 5) is 27.5. The van der Waals surface area contributed by atoms with E-state index in [1.807, 2.05) is 17.7 Å². The number of amides is 1. The molecule has 21 heavy (non-hydrogen) atoms. The zero-order chi connectivity index (χ0) is 15.4. The van der Waals surface area contributed by atoms with Crippen molar-refractivity contribution in [1.82, 2.24) is 14.9 Å². The Balaban J connectivity index is 2.15. The smallest absolute Gasteiger partial charge is 0.325 e. The summed E-state index contributed by atoms with van der Waals surface area (Å²) in [7, 11) is 0. The SMILES string of the molecule is CCn1ccnc1[C@@H]1OCCC[C@H]1C(=O)N[C@H](C)C(=O)O. The summed E-state index contributed by atoms with van der Waals surface area (Å²) in [5.41, 5.74) is 0. The molecule has 1 aliphatic rings. The van der Waals surface area contributed by atoms with E-state index in [1.54, 1.807) is 6.20 Å². The van der Waals surface area contributed by atoms with Gasteiger partial charge in [-0.25, -0.2) is 4.98 Å². The van der Waals surface area contributed by atoms with Gasteiger partial charge in [0.25, 0.3) is 0 Å². The predicted octanol–water partition coefficient (Wildman–Crippen LogP) is 0.960. The van der Waals surface area contributed by atoms with Gasteiger partial charge < -0.3 is 19.7 Å². The summed E-state index contributed by atoms with van der Waals surface area (Å²) in [6.45, 7) is 4.77. The maximum atomic E-state index is 12.3. The summed E-state index contributed by atoms with van der Waals surface area (Å²) in [6.07, 6.45) is 4.56. The van der Waals surface area contributed by atoms with Gasteiger partial charge in [0.15, 0.2) is 0 Å². The Hall–Kier alpha value is -1.89. The lowest BCUT2D eigenvalue weighted by molar-refractivity contribution is -0.144. The number of nitrogens with zero attached hydrogens (tertiary/aromatic N) is 2. The van der Waals surface area contributed by atoms with Crippen LogP contribution in [0.3, 0.4) is 0 Å². The van der Waals surface area contributed by atoms with Crippen LogP contribution in [0.25, 0.3) is 0 Å². The first-order chi connectivity index (χ1) is 10.0. The van der Waals surface area contributed by atoms with Crippen LogP contribution in [0, 0.1) is 5.92 Å². The summed E-state index contributed by atoms with van der Waals surface area (Å²) >= 11 is 0. The van der Waals surface area contributed by atoms with Gasteiger partial charge in [-0.1, -0.05) is 0 Å². The van der Waals surface area contributed by atoms with Crippen LogP contribution in [0.5, 0.6) is 0 Å². The number of hydrogen-bond donors (Lipinski definition) is 2. The number of carbonyl (C=O) groups is 2. The number of aliphatic carboxylic acids is 1. The zero-order valence-corrected chi connectivity index (χ0v) is 12.3. The molecule has 7 nitrogen and oxygen atoms in total. The number of rotatable bonds is 5. The number of carbonyl (C=O) groups excluding carboxylic acids is 1. The van der Waals surface area contributed by atoms with Crippen LogP contribution in [0.1, 0.15) is 38.6 Å². The van der Waals surface area contributed by atoms with E-state index in [9.17, 15) is 9.59 Å². The largest absolute Gasteiger partial charge is 0.480 e. The molecule has 0 unspecified atom stereocenters. The van der Waals surface area contributed by atoms with Crippen LogP contribution in [0.15, 0.2) is 12.4 Å². The second-order valence-electron chi connectivity index (χ2n) is 5.18. The molecule has 1 aromatic heterocycles. The second kappa shape index (κ2) is 6.71. The quantitative estimate of drug-likeness (QED) is 0.844. The van der Waals surface area contributed by atoms with Crippen molar-refractivity contribution in [3.8, 4) is 0 Å². The van der Waals surface area contributed by atoms with Crippen LogP contribution < -0.4 is 5.32 Å². The highest BCUT2D eigenvalue weighted by molar-refractivity contribution is 5.85. The van der Waals surface area contributed by atoms with Crippen molar-refractivity contribution in [1.29, 1.82) is 0 Å². The van der Waals surface area contributed by atoms with E-state index in [4.69, 9.17) is 9.84 Å². The summed E-state index contributed by atoms with van der Waals surface area (Å²) in [5, 5.41) is 11.4. The maximum Gasteiger partial charge on any atom is 0.325 e. The molecule has 0 aromatic carbocycles. The number of hydrogen-bond acceptors (Lipinski definition) is 4. The Morgan fingerprint density at radius 3 is 3.05 bits per heavy atom. The molecule has 116 valence electrons. The first-order valence-corrected chi connectivity index (χ1v) is 7.20. The van der Waals surface area contributed by atoms with E-state index in [2.05, 4.69) is 10.3 Å². The average Bonchev–Trinajstić information content (AvgIpc) is 2.95. The molecule has 0 radical (unpaired) electrons. The first kappa shape index (κ1) is 15.5. The predicted molar refractivity (Wildman–Crippen MR) is 74.6 cm³/mol. The Morgan fingerprint density at radius 2 is 2.38 bits per heavy atom. The normalized spacial score (nSPS) is 23.5. The second-order valence-corrected chi connectivity index (χ2v) is 5.18. The van der Waals surface area contributed by atoms with E-state index in [0.717, 1.165) is 18.8 Å². The number of ether oxygens (including phenoxy) is 1. The van der Waals surface area contributed by atoms with Gasteiger partial charge in [-0.3, -0.25) is 9.59 Å². The van der Waals surface area contributed by atoms with Gasteiger partial charge in [0.1, 0.15) is 18.0 Å². The molecule has 7 heteroatoms. The Kier molecular flexibility index (Phi) is 4.95. The van der Waals surface area contributed by atoms with Gasteiger partial charge in [-0.2, -0.15) is 0 Å². The van der Waals surface area contributed by atoms with Gasteiger partial charge in [0.05, 0.1) is 5.92 Å². The number of carboxylic acids is 1. The van der Waals surface area contributed by atoms with Gasteiger partial charge in [-0.05, 0) is 26.7 Å². The van der Waals surface area contributed by atoms with Crippen LogP contribution in [0.4, 0.5) is 0 Å². The van der Waals surface area contributed by atoms with Crippen molar-refractivity contribution in [3.05, 3.63) is 18.2 Å². The highest BCUT2D eigenvalue weighted by atomic mass is 16.5. The van der Waals surface area contributed by atoms with Crippen molar-refractivity contribution in [2.75, 3.05) is 6.61 Å². The number of aromatic nitrogens is 2. The van der Waals surface area contributed by atoms with Crippen LogP contribution in [0.2, 0.25) is 0 Å². The molecule has 1 aliphatic heterocycles. The minimum atomic E-state index is -1.05. The third kappa shape index (κ3) is 3.41. The van der Waals surface area contributed by atoms with Gasteiger partial charge in [0.2, 0.25) is 5.91 Å². The lowest BCUT2D eigenvalue weighted by Crippen LogP contribution is -2.45. The van der Waals surface area contributed by atoms with Crippen molar-refractivity contribution in [3.63, 3.8) is 0 Å². The molecule has 2 N–H and O–H groups in total. The Labute approximate surface area is 123 Å². The molecule has 2 heterocycles. The average molecular weight is 295 g/mol. The molecule has 3 atom stereocenters. The molecule has 1 saturated heterocycles. The van der Waals surface area contributed by atoms with E-state index >= 15 is 0 Å². The van der Waals surface area contributed by atoms with Crippen LogP contribution in [-0.2, 0) is 20.9 Å². The van der Waals surface area contributed by atoms with E-state index < -0.39 is 24.0 Å². The molecule has 2 rings (SSSR count). The topological polar surface area (TPSA) is 93.5 Å². The molecular weight excluding hydrogens is 274 g/mol. The zero-order valence-electron chi connectivity index (χ0n) is 12.3. The summed E-state index contributed by atoms with van der Waals surface area (Å²) in [6, 6.07) is -0.911. The molecule has 0 saturated carbocycles. The van der Waals surface area contributed by atoms with Crippen molar-refractivity contribution in [2.45, 2.75) is 45.4 Å². The number of imidazole rings is 1. The fourth-order valence-corrected chi connectivity index (χ4v) is 2.53. The van der Waals surface area contributed by atoms with Crippen LogP contribution >= 0.6 is 0 Å². The monoisotopic (exact) mass is 295 g/mol. The van der Waals surface area contributed by atoms with E-state index in [0.29, 0.717) is 13.0 Å². The van der Waals surface area contributed by atoms with Gasteiger partial charge in [-0.15, -0.1) is 0 Å². The standard InChI is InChI=1S/C14H21N3O4/c1-3-17-7-6-15-12(17)11-10(5-4-8-21-11)13(18)16-9(2)14(19)20/h6-7,9-11H,3-5,8H2,1-2H3,(H,16,18)(H,19,20)/t9-,10-,11-/m1/s1. The van der Waals surface area contributed by atoms with Crippen molar-refractivity contribution >= 4 is 11.9 Å². The maximum absolute atomic E-state index is 12.3. The third-order valence-corrected chi connectivity index (χ3v) is 3.73. The van der Waals surface area contributed by atoms with Crippen LogP contribution in [-0.4, -0.2) is 39.2 Å². The van der Waals surface area contributed by atoms with Crippen molar-refractivity contribution in [2.24, 2.45) is 5.92 Å². The van der Waals surface area contributed by atoms with Crippen molar-refractivity contribution < 1.29 is 19.4 Å². The minimum Gasteiger partial charge on any atom is -0.480 e. The van der Waals surface area contributed by atoms with E-state index in [1.165, 1.54) is 6.92 Å². The highest BCUT2D eigenvalue weighted by Gasteiger charge is 2.36. The van der Waals surface area contributed by atoms with Gasteiger partial charge in [0, 0.05) is 25.5 Å². The third-order valence-electron chi connectivity index (χ3n) is 3.73. The first-order valence-electron chi connectivity index (χ1n) is 7.20. The Morgan fingerprint density at radius 1 is 1.62 bits per heavy atom. The molecule has 0 spiro atoms. The number of aryl methyl sites for hydroxylation is 1. The fraction of sp³-hybridized carbons (Fsp3) is 0.643. The molecule has 0 aliphatic carbocycles. The molecule has 1 fully saturated rings. The number of carboxylic acid groups (broad SMARTS) is 1. The fourth-order valence-electron chi connectivity index (χ4n) is 2.53. The highest BCUT2D eigenvalue weighted by Crippen LogP contribution is 2.33. The summed E-state index contributed by atoms with van der Waals surface area (Å²) in [5.74, 6) is -1.03. The Bertz CT molecular complexity index is 514. The molecule has 1 aromatic rings. The lowest BCUT2D eigenvalue weighted by Gasteiger charge is -2.31. The minimum absolute atomic E-state index is 0.291.